The van der Waals surface area contributed by atoms with Gasteiger partial charge in [-0.25, -0.2) is 4.79 Å². The second-order valence-corrected chi connectivity index (χ2v) is 4.20. The first-order chi connectivity index (χ1) is 7.97. The van der Waals surface area contributed by atoms with Gasteiger partial charge in [-0.05, 0) is 42.5 Å². The fourth-order valence-corrected chi connectivity index (χ4v) is 1.57. The van der Waals surface area contributed by atoms with Crippen molar-refractivity contribution in [2.45, 2.75) is 25.7 Å². The first kappa shape index (κ1) is 16.1. The lowest BCUT2D eigenvalue weighted by Gasteiger charge is -2.11. The number of hydrogen-bond acceptors (Lipinski definition) is 4. The number of carbonyl (C=O) groups is 3. The summed E-state index contributed by atoms with van der Waals surface area (Å²) >= 11 is 10.6. The Kier molecular flexibility index (Phi) is 8.72. The van der Waals surface area contributed by atoms with Crippen molar-refractivity contribution in [3.05, 3.63) is 12.7 Å². The van der Waals surface area contributed by atoms with Crippen molar-refractivity contribution >= 4 is 39.7 Å². The summed E-state index contributed by atoms with van der Waals surface area (Å²) in [7, 11) is 0. The molecule has 0 aliphatic carbocycles. The summed E-state index contributed by atoms with van der Waals surface area (Å²) in [6, 6.07) is 0. The van der Waals surface area contributed by atoms with Crippen LogP contribution in [0.25, 0.3) is 0 Å². The predicted octanol–water partition coefficient (Wildman–Crippen LogP) is 2.42. The summed E-state index contributed by atoms with van der Waals surface area (Å²) in [5.41, 5.74) is 0. The highest BCUT2D eigenvalue weighted by Crippen LogP contribution is 2.17. The maximum Gasteiger partial charge on any atom is 0.330 e. The van der Waals surface area contributed by atoms with Gasteiger partial charge in [-0.3, -0.25) is 9.59 Å². The summed E-state index contributed by atoms with van der Waals surface area (Å²) in [4.78, 5) is 32.3. The van der Waals surface area contributed by atoms with E-state index in [-0.39, 0.29) is 13.0 Å². The Labute approximate surface area is 110 Å². The van der Waals surface area contributed by atoms with Gasteiger partial charge < -0.3 is 4.74 Å². The number of ether oxygens (including phenoxy) is 1. The molecular weight excluding hydrogens is 267 g/mol. The summed E-state index contributed by atoms with van der Waals surface area (Å²) in [5, 5.41) is -0.939. The average Bonchev–Trinajstić information content (AvgIpc) is 2.25. The Bertz CT molecular complexity index is 302. The first-order valence-corrected chi connectivity index (χ1v) is 5.89. The molecule has 0 saturated heterocycles. The van der Waals surface area contributed by atoms with Gasteiger partial charge >= 0.3 is 5.97 Å². The van der Waals surface area contributed by atoms with Crippen molar-refractivity contribution in [2.75, 3.05) is 6.61 Å². The molecule has 17 heavy (non-hydrogen) atoms. The van der Waals surface area contributed by atoms with Crippen molar-refractivity contribution in [3.8, 4) is 0 Å². The van der Waals surface area contributed by atoms with E-state index in [0.717, 1.165) is 6.08 Å². The van der Waals surface area contributed by atoms with Crippen LogP contribution in [0.5, 0.6) is 0 Å². The lowest BCUT2D eigenvalue weighted by molar-refractivity contribution is -0.138. The summed E-state index contributed by atoms with van der Waals surface area (Å²) in [6.45, 7) is 3.34. The molecule has 0 amide bonds. The zero-order chi connectivity index (χ0) is 13.3. The molecule has 0 aromatic carbocycles. The molecular formula is C11H14Cl2O4. The lowest BCUT2D eigenvalue weighted by Crippen LogP contribution is -2.14. The summed E-state index contributed by atoms with van der Waals surface area (Å²) < 4.78 is 4.74. The number of hydrogen-bond donors (Lipinski definition) is 0. The third-order valence-corrected chi connectivity index (χ3v) is 2.62. The Hall–Kier alpha value is -0.870. The summed E-state index contributed by atoms with van der Waals surface area (Å²) in [5.74, 6) is -0.966. The largest absolute Gasteiger partial charge is 0.463 e. The minimum atomic E-state index is -0.540. The molecule has 0 spiro atoms. The molecule has 0 radical (unpaired) electrons. The maximum absolute atomic E-state index is 11.1. The summed E-state index contributed by atoms with van der Waals surface area (Å²) in [6.07, 6.45) is 2.52. The lowest BCUT2D eigenvalue weighted by atomic mass is 10.0. The number of halogens is 2. The average molecular weight is 281 g/mol. The van der Waals surface area contributed by atoms with E-state index in [9.17, 15) is 14.4 Å². The van der Waals surface area contributed by atoms with Crippen LogP contribution in [0.1, 0.15) is 25.7 Å². The minimum absolute atomic E-state index is 0.100. The quantitative estimate of drug-likeness (QED) is 0.370. The smallest absolute Gasteiger partial charge is 0.330 e. The molecule has 0 N–H and O–H groups in total. The molecule has 0 aliphatic heterocycles. The molecule has 1 unspecified atom stereocenters. The van der Waals surface area contributed by atoms with E-state index in [1.54, 1.807) is 0 Å². The first-order valence-electron chi connectivity index (χ1n) is 5.14. The third-order valence-electron chi connectivity index (χ3n) is 2.12. The van der Waals surface area contributed by atoms with E-state index in [4.69, 9.17) is 27.9 Å². The standard InChI is InChI=1S/C11H14Cl2O4/c1-2-10(15)17-7-6-8(11(13)16)4-3-5-9(12)14/h2,8H,1,3-7H2. The Balaban J connectivity index is 3.90. The van der Waals surface area contributed by atoms with E-state index in [0.29, 0.717) is 19.3 Å². The monoisotopic (exact) mass is 280 g/mol. The van der Waals surface area contributed by atoms with E-state index < -0.39 is 22.4 Å². The fourth-order valence-electron chi connectivity index (χ4n) is 1.22. The van der Waals surface area contributed by atoms with Crippen LogP contribution in [0.4, 0.5) is 0 Å². The van der Waals surface area contributed by atoms with E-state index in [1.165, 1.54) is 0 Å². The van der Waals surface area contributed by atoms with Crippen LogP contribution in [0.3, 0.4) is 0 Å². The highest BCUT2D eigenvalue weighted by atomic mass is 35.5. The highest BCUT2D eigenvalue weighted by Gasteiger charge is 2.16. The van der Waals surface area contributed by atoms with Crippen molar-refractivity contribution in [3.63, 3.8) is 0 Å². The molecule has 0 heterocycles. The molecule has 0 bridgehead atoms. The predicted molar refractivity (Wildman–Crippen MR) is 64.8 cm³/mol. The molecule has 0 fully saturated rings. The highest BCUT2D eigenvalue weighted by molar-refractivity contribution is 6.64. The van der Waals surface area contributed by atoms with Gasteiger partial charge in [0, 0.05) is 18.4 Å². The van der Waals surface area contributed by atoms with Gasteiger partial charge in [0.1, 0.15) is 0 Å². The van der Waals surface area contributed by atoms with Gasteiger partial charge in [-0.1, -0.05) is 6.58 Å². The van der Waals surface area contributed by atoms with Crippen LogP contribution in [-0.2, 0) is 19.1 Å². The molecule has 96 valence electrons. The van der Waals surface area contributed by atoms with Gasteiger partial charge in [0.15, 0.2) is 0 Å². The van der Waals surface area contributed by atoms with Gasteiger partial charge in [-0.2, -0.15) is 0 Å². The molecule has 4 nitrogen and oxygen atoms in total. The zero-order valence-electron chi connectivity index (χ0n) is 9.29. The van der Waals surface area contributed by atoms with Crippen LogP contribution in [0.15, 0.2) is 12.7 Å². The maximum atomic E-state index is 11.1. The van der Waals surface area contributed by atoms with Crippen molar-refractivity contribution < 1.29 is 19.1 Å². The van der Waals surface area contributed by atoms with Crippen LogP contribution >= 0.6 is 23.2 Å². The topological polar surface area (TPSA) is 60.4 Å². The Morgan fingerprint density at radius 3 is 2.35 bits per heavy atom. The van der Waals surface area contributed by atoms with Crippen molar-refractivity contribution in [2.24, 2.45) is 5.92 Å². The molecule has 6 heteroatoms. The SMILES string of the molecule is C=CC(=O)OCCC(CCCC(=O)Cl)C(=O)Cl. The normalized spacial score (nSPS) is 11.6. The third kappa shape index (κ3) is 8.89. The zero-order valence-corrected chi connectivity index (χ0v) is 10.8. The van der Waals surface area contributed by atoms with Crippen LogP contribution in [0.2, 0.25) is 0 Å². The van der Waals surface area contributed by atoms with Gasteiger partial charge in [-0.15, -0.1) is 0 Å². The molecule has 1 atom stereocenters. The molecule has 0 rings (SSSR count). The van der Waals surface area contributed by atoms with E-state index >= 15 is 0 Å². The molecule has 0 aliphatic rings. The molecule has 0 aromatic rings. The van der Waals surface area contributed by atoms with E-state index in [2.05, 4.69) is 6.58 Å². The van der Waals surface area contributed by atoms with Crippen LogP contribution in [-0.4, -0.2) is 23.1 Å². The van der Waals surface area contributed by atoms with Gasteiger partial charge in [0.2, 0.25) is 10.5 Å². The van der Waals surface area contributed by atoms with E-state index in [1.807, 2.05) is 0 Å². The fraction of sp³-hybridized carbons (Fsp3) is 0.545. The Morgan fingerprint density at radius 1 is 1.24 bits per heavy atom. The van der Waals surface area contributed by atoms with Crippen molar-refractivity contribution in [1.82, 2.24) is 0 Å². The van der Waals surface area contributed by atoms with Crippen LogP contribution < -0.4 is 0 Å². The molecule has 0 saturated carbocycles. The van der Waals surface area contributed by atoms with Crippen molar-refractivity contribution in [1.29, 1.82) is 0 Å². The second kappa shape index (κ2) is 9.19. The number of carbonyl (C=O) groups excluding carboxylic acids is 3. The number of rotatable bonds is 9. The minimum Gasteiger partial charge on any atom is -0.463 e. The second-order valence-electron chi connectivity index (χ2n) is 3.41. The van der Waals surface area contributed by atoms with Gasteiger partial charge in [0.05, 0.1) is 6.61 Å². The molecule has 0 aromatic heterocycles. The van der Waals surface area contributed by atoms with Gasteiger partial charge in [0.25, 0.3) is 0 Å². The number of esters is 1. The van der Waals surface area contributed by atoms with Crippen LogP contribution in [0, 0.1) is 5.92 Å². The Morgan fingerprint density at radius 2 is 1.88 bits per heavy atom.